The fourth-order valence-electron chi connectivity index (χ4n) is 2.24. The molecule has 0 radical (unpaired) electrons. The van der Waals surface area contributed by atoms with E-state index in [4.69, 9.17) is 9.78 Å². The van der Waals surface area contributed by atoms with Gasteiger partial charge in [-0.05, 0) is 33.5 Å². The maximum Gasteiger partial charge on any atom is 0.232 e. The van der Waals surface area contributed by atoms with Gasteiger partial charge in [-0.15, -0.1) is 11.3 Å². The minimum absolute atomic E-state index is 0.0270. The van der Waals surface area contributed by atoms with Gasteiger partial charge in [-0.25, -0.2) is 0 Å². The van der Waals surface area contributed by atoms with Crippen molar-refractivity contribution in [1.29, 1.82) is 5.26 Å². The predicted molar refractivity (Wildman–Crippen MR) is 70.9 cm³/mol. The van der Waals surface area contributed by atoms with E-state index in [0.717, 1.165) is 8.66 Å². The molecule has 6 heteroatoms. The van der Waals surface area contributed by atoms with E-state index >= 15 is 0 Å². The highest BCUT2D eigenvalue weighted by Crippen LogP contribution is 2.63. The maximum atomic E-state index is 9.06. The average Bonchev–Trinajstić information content (AvgIpc) is 2.77. The highest BCUT2D eigenvalue weighted by molar-refractivity contribution is 9.11. The summed E-state index contributed by atoms with van der Waals surface area (Å²) < 4.78 is 6.33. The molecule has 0 amide bonds. The van der Waals surface area contributed by atoms with Crippen LogP contribution in [0.4, 0.5) is 0 Å². The van der Waals surface area contributed by atoms with Gasteiger partial charge in [0.25, 0.3) is 0 Å². The third kappa shape index (κ3) is 1.70. The van der Waals surface area contributed by atoms with E-state index in [0.29, 0.717) is 11.7 Å². The third-order valence-electron chi connectivity index (χ3n) is 3.47. The highest BCUT2D eigenvalue weighted by Gasteiger charge is 2.62. The molecule has 1 aliphatic rings. The van der Waals surface area contributed by atoms with Gasteiger partial charge < -0.3 is 4.52 Å². The monoisotopic (exact) mass is 323 g/mol. The molecule has 4 nitrogen and oxygen atoms in total. The van der Waals surface area contributed by atoms with E-state index < -0.39 is 0 Å². The lowest BCUT2D eigenvalue weighted by atomic mass is 10.1. The van der Waals surface area contributed by atoms with Gasteiger partial charge in [0.2, 0.25) is 11.7 Å². The summed E-state index contributed by atoms with van der Waals surface area (Å²) in [4.78, 5) is 5.37. The first-order valence-electron chi connectivity index (χ1n) is 5.53. The van der Waals surface area contributed by atoms with Crippen LogP contribution in [-0.2, 0) is 0 Å². The number of hydrogen-bond donors (Lipinski definition) is 0. The maximum absolute atomic E-state index is 9.06. The summed E-state index contributed by atoms with van der Waals surface area (Å²) in [7, 11) is 0. The van der Waals surface area contributed by atoms with Crippen molar-refractivity contribution in [2.45, 2.75) is 19.8 Å². The molecule has 0 saturated heterocycles. The summed E-state index contributed by atoms with van der Waals surface area (Å²) >= 11 is 4.97. The Morgan fingerprint density at radius 2 is 2.28 bits per heavy atom. The molecule has 92 valence electrons. The second-order valence-corrected chi connectivity index (χ2v) is 7.43. The molecule has 0 N–H and O–H groups in total. The minimum atomic E-state index is -0.0609. The summed E-state index contributed by atoms with van der Waals surface area (Å²) in [5.74, 6) is 1.21. The van der Waals surface area contributed by atoms with Gasteiger partial charge in [0, 0.05) is 0 Å². The number of thiophene rings is 1. The van der Waals surface area contributed by atoms with Gasteiger partial charge in [0.15, 0.2) is 0 Å². The van der Waals surface area contributed by atoms with Crippen LogP contribution in [0.2, 0.25) is 0 Å². The molecule has 3 rings (SSSR count). The lowest BCUT2D eigenvalue weighted by Crippen LogP contribution is -1.90. The van der Waals surface area contributed by atoms with E-state index in [2.05, 4.69) is 46.0 Å². The van der Waals surface area contributed by atoms with Gasteiger partial charge in [-0.1, -0.05) is 19.0 Å². The van der Waals surface area contributed by atoms with Crippen molar-refractivity contribution < 1.29 is 4.52 Å². The average molecular weight is 324 g/mol. The summed E-state index contributed by atoms with van der Waals surface area (Å²) in [6.45, 7) is 4.11. The fraction of sp³-hybridized carbons (Fsp3) is 0.417. The first-order valence-corrected chi connectivity index (χ1v) is 7.14. The van der Waals surface area contributed by atoms with Crippen LogP contribution in [-0.4, -0.2) is 10.1 Å². The van der Waals surface area contributed by atoms with E-state index in [1.165, 1.54) is 0 Å². The summed E-state index contributed by atoms with van der Waals surface area (Å²) in [5, 5.41) is 13.0. The molecular formula is C12H10BrN3OS. The summed E-state index contributed by atoms with van der Waals surface area (Å²) in [6, 6.07) is 6.20. The first-order chi connectivity index (χ1) is 8.54. The summed E-state index contributed by atoms with van der Waals surface area (Å²) in [6.07, 6.45) is 0. The Hall–Kier alpha value is -1.19. The molecule has 0 aromatic carbocycles. The second kappa shape index (κ2) is 3.90. The number of nitrogens with zero attached hydrogens (tertiary/aromatic N) is 3. The largest absolute Gasteiger partial charge is 0.339 e. The van der Waals surface area contributed by atoms with Crippen LogP contribution >= 0.6 is 27.3 Å². The molecule has 1 saturated carbocycles. The van der Waals surface area contributed by atoms with Crippen LogP contribution in [0.1, 0.15) is 25.7 Å². The van der Waals surface area contributed by atoms with Crippen LogP contribution in [0.15, 0.2) is 20.4 Å². The van der Waals surface area contributed by atoms with Gasteiger partial charge in [0.1, 0.15) is 0 Å². The Kier molecular flexibility index (Phi) is 2.57. The molecule has 2 atom stereocenters. The number of rotatable bonds is 2. The van der Waals surface area contributed by atoms with Gasteiger partial charge >= 0.3 is 0 Å². The SMILES string of the molecule is CC1(C)C(C#N)C1c1nc(-c2ccc(Br)s2)no1. The van der Waals surface area contributed by atoms with Crippen molar-refractivity contribution in [2.24, 2.45) is 11.3 Å². The smallest absolute Gasteiger partial charge is 0.232 e. The van der Waals surface area contributed by atoms with Crippen LogP contribution in [0, 0.1) is 22.7 Å². The number of halogens is 1. The van der Waals surface area contributed by atoms with Crippen molar-refractivity contribution in [3.8, 4) is 16.8 Å². The van der Waals surface area contributed by atoms with Crippen LogP contribution in [0.3, 0.4) is 0 Å². The van der Waals surface area contributed by atoms with Gasteiger partial charge in [-0.2, -0.15) is 10.2 Å². The van der Waals surface area contributed by atoms with Crippen molar-refractivity contribution >= 4 is 27.3 Å². The Bertz CT molecular complexity index is 640. The van der Waals surface area contributed by atoms with E-state index in [1.807, 2.05) is 12.1 Å². The van der Waals surface area contributed by atoms with E-state index in [-0.39, 0.29) is 17.3 Å². The Morgan fingerprint density at radius 3 is 2.83 bits per heavy atom. The zero-order valence-electron chi connectivity index (χ0n) is 9.85. The Balaban J connectivity index is 1.90. The van der Waals surface area contributed by atoms with Crippen molar-refractivity contribution in [3.05, 3.63) is 21.8 Å². The topological polar surface area (TPSA) is 62.7 Å². The second-order valence-electron chi connectivity index (χ2n) is 4.97. The third-order valence-corrected chi connectivity index (χ3v) is 5.09. The first kappa shape index (κ1) is 11.9. The quantitative estimate of drug-likeness (QED) is 0.842. The van der Waals surface area contributed by atoms with Gasteiger partial charge in [-0.3, -0.25) is 0 Å². The predicted octanol–water partition coefficient (Wildman–Crippen LogP) is 3.82. The lowest BCUT2D eigenvalue weighted by molar-refractivity contribution is 0.368. The molecule has 2 aromatic heterocycles. The van der Waals surface area contributed by atoms with Crippen molar-refractivity contribution in [1.82, 2.24) is 10.1 Å². The Labute approximate surface area is 117 Å². The molecule has 2 heterocycles. The zero-order valence-corrected chi connectivity index (χ0v) is 12.2. The summed E-state index contributed by atoms with van der Waals surface area (Å²) in [5.41, 5.74) is -0.0609. The standard InChI is InChI=1S/C12H10BrN3OS/c1-12(2)6(5-14)9(12)11-15-10(16-17-11)7-3-4-8(13)18-7/h3-4,6,9H,1-2H3. The van der Waals surface area contributed by atoms with Crippen molar-refractivity contribution in [3.63, 3.8) is 0 Å². The molecule has 1 fully saturated rings. The number of nitriles is 1. The molecule has 18 heavy (non-hydrogen) atoms. The molecular weight excluding hydrogens is 314 g/mol. The molecule has 0 bridgehead atoms. The van der Waals surface area contributed by atoms with Crippen LogP contribution in [0.5, 0.6) is 0 Å². The minimum Gasteiger partial charge on any atom is -0.339 e. The normalized spacial score (nSPS) is 24.8. The van der Waals surface area contributed by atoms with E-state index in [9.17, 15) is 0 Å². The molecule has 1 aliphatic carbocycles. The fourth-order valence-corrected chi connectivity index (χ4v) is 3.55. The molecule has 0 spiro atoms. The van der Waals surface area contributed by atoms with E-state index in [1.54, 1.807) is 11.3 Å². The van der Waals surface area contributed by atoms with Crippen molar-refractivity contribution in [2.75, 3.05) is 0 Å². The molecule has 2 aromatic rings. The molecule has 2 unspecified atom stereocenters. The lowest BCUT2D eigenvalue weighted by Gasteiger charge is -1.95. The van der Waals surface area contributed by atoms with Gasteiger partial charge in [0.05, 0.1) is 26.6 Å². The number of hydrogen-bond acceptors (Lipinski definition) is 5. The highest BCUT2D eigenvalue weighted by atomic mass is 79.9. The van der Waals surface area contributed by atoms with Crippen LogP contribution < -0.4 is 0 Å². The van der Waals surface area contributed by atoms with Crippen LogP contribution in [0.25, 0.3) is 10.7 Å². The molecule has 0 aliphatic heterocycles. The number of aromatic nitrogens is 2. The zero-order chi connectivity index (χ0) is 12.9. The Morgan fingerprint density at radius 1 is 1.50 bits per heavy atom.